The predicted molar refractivity (Wildman–Crippen MR) is 143 cm³/mol. The zero-order valence-corrected chi connectivity index (χ0v) is 23.7. The molecule has 0 aromatic rings. The SMILES string of the molecule is C#CC1(OC)CC(C(=O)NC2(C)CC2)N(C(=O)C(CN)NC(=O)OC(C)(C)C)C1.C/C=C\C.CCC. The summed E-state index contributed by atoms with van der Waals surface area (Å²) in [5.74, 6) is 1.77. The van der Waals surface area contributed by atoms with Crippen molar-refractivity contribution < 1.29 is 23.9 Å². The normalized spacial score (nSPS) is 22.7. The maximum absolute atomic E-state index is 13.2. The first-order valence-electron chi connectivity index (χ1n) is 12.6. The summed E-state index contributed by atoms with van der Waals surface area (Å²) < 4.78 is 10.7. The molecule has 206 valence electrons. The van der Waals surface area contributed by atoms with Gasteiger partial charge in [-0.25, -0.2) is 4.79 Å². The van der Waals surface area contributed by atoms with Gasteiger partial charge < -0.3 is 30.7 Å². The Morgan fingerprint density at radius 3 is 2.11 bits per heavy atom. The van der Waals surface area contributed by atoms with Crippen LogP contribution in [0.1, 0.15) is 81.1 Å². The standard InChI is InChI=1S/C20H32N4O5.C4H8.C3H8/c1-7-20(28-6)10-14(15(25)23-19(5)8-9-19)24(12-20)16(26)13(11-21)22-17(27)29-18(2,3)4;1-3-4-2;1-3-2/h1,13-14H,8-12,21H2,2-6H3,(H,22,27)(H,23,25);3-4H,1-2H3;3H2,1-2H3/b;4-3-;. The topological polar surface area (TPSA) is 123 Å². The van der Waals surface area contributed by atoms with Crippen LogP contribution in [0.25, 0.3) is 0 Å². The van der Waals surface area contributed by atoms with Crippen LogP contribution in [-0.2, 0) is 19.1 Å². The molecule has 0 bridgehead atoms. The molecule has 0 aromatic heterocycles. The van der Waals surface area contributed by atoms with Crippen molar-refractivity contribution in [2.75, 3.05) is 20.2 Å². The van der Waals surface area contributed by atoms with Gasteiger partial charge in [0.2, 0.25) is 11.8 Å². The molecule has 3 unspecified atom stereocenters. The Balaban J connectivity index is 0.00000155. The number of methoxy groups -OCH3 is 1. The number of likely N-dealkylation sites (tertiary alicyclic amines) is 1. The van der Waals surface area contributed by atoms with Crippen LogP contribution in [0.3, 0.4) is 0 Å². The molecule has 0 aromatic carbocycles. The van der Waals surface area contributed by atoms with Gasteiger partial charge >= 0.3 is 6.09 Å². The summed E-state index contributed by atoms with van der Waals surface area (Å²) in [7, 11) is 1.45. The van der Waals surface area contributed by atoms with E-state index < -0.39 is 35.3 Å². The molecule has 2 aliphatic rings. The van der Waals surface area contributed by atoms with Crippen LogP contribution >= 0.6 is 0 Å². The number of alkyl carbamates (subject to hydrolysis) is 1. The van der Waals surface area contributed by atoms with E-state index in [1.54, 1.807) is 20.8 Å². The second kappa shape index (κ2) is 14.9. The van der Waals surface area contributed by atoms with Crippen molar-refractivity contribution >= 4 is 17.9 Å². The Kier molecular flexibility index (Phi) is 13.8. The quantitative estimate of drug-likeness (QED) is 0.374. The van der Waals surface area contributed by atoms with Crippen molar-refractivity contribution in [2.24, 2.45) is 5.73 Å². The van der Waals surface area contributed by atoms with Crippen LogP contribution in [0.2, 0.25) is 0 Å². The first-order chi connectivity index (χ1) is 16.7. The predicted octanol–water partition coefficient (Wildman–Crippen LogP) is 3.13. The van der Waals surface area contributed by atoms with E-state index in [1.807, 2.05) is 32.9 Å². The largest absolute Gasteiger partial charge is 0.444 e. The van der Waals surface area contributed by atoms with Crippen LogP contribution in [-0.4, -0.2) is 71.8 Å². The van der Waals surface area contributed by atoms with Crippen molar-refractivity contribution in [1.82, 2.24) is 15.5 Å². The molecule has 3 atom stereocenters. The first-order valence-corrected chi connectivity index (χ1v) is 12.6. The third-order valence-electron chi connectivity index (χ3n) is 5.55. The summed E-state index contributed by atoms with van der Waals surface area (Å²) in [6, 6.07) is -1.87. The number of allylic oxidation sites excluding steroid dienone is 2. The molecule has 0 radical (unpaired) electrons. The maximum Gasteiger partial charge on any atom is 0.408 e. The lowest BCUT2D eigenvalue weighted by molar-refractivity contribution is -0.140. The summed E-state index contributed by atoms with van der Waals surface area (Å²) in [6.07, 6.45) is 12.1. The number of nitrogens with two attached hydrogens (primary N) is 1. The Hall–Kier alpha value is -2.57. The van der Waals surface area contributed by atoms with Gasteiger partial charge in [0, 0.05) is 25.6 Å². The fourth-order valence-electron chi connectivity index (χ4n) is 3.21. The van der Waals surface area contributed by atoms with Gasteiger partial charge in [0.25, 0.3) is 0 Å². The molecule has 3 amide bonds. The lowest BCUT2D eigenvalue weighted by Crippen LogP contribution is -2.57. The number of carbonyl (C=O) groups excluding carboxylic acids is 3. The van der Waals surface area contributed by atoms with Gasteiger partial charge in [-0.2, -0.15) is 0 Å². The number of rotatable bonds is 6. The molecule has 9 heteroatoms. The molecule has 36 heavy (non-hydrogen) atoms. The second-order valence-electron chi connectivity index (χ2n) is 10.4. The third-order valence-corrected chi connectivity index (χ3v) is 5.55. The highest BCUT2D eigenvalue weighted by atomic mass is 16.6. The monoisotopic (exact) mass is 508 g/mol. The van der Waals surface area contributed by atoms with E-state index in [4.69, 9.17) is 21.6 Å². The third kappa shape index (κ3) is 11.0. The molecule has 1 saturated heterocycles. The molecule has 1 aliphatic heterocycles. The fraction of sp³-hybridized carbons (Fsp3) is 0.741. The average molecular weight is 509 g/mol. The molecule has 2 fully saturated rings. The van der Waals surface area contributed by atoms with Crippen LogP contribution in [0.5, 0.6) is 0 Å². The summed E-state index contributed by atoms with van der Waals surface area (Å²) in [6.45, 7) is 15.2. The number of hydrogen-bond acceptors (Lipinski definition) is 6. The molecular formula is C27H48N4O5. The molecule has 0 spiro atoms. The molecule has 2 rings (SSSR count). The van der Waals surface area contributed by atoms with Crippen LogP contribution in [0, 0.1) is 12.3 Å². The molecule has 1 heterocycles. The van der Waals surface area contributed by atoms with Gasteiger partial charge in [0.05, 0.1) is 6.54 Å². The summed E-state index contributed by atoms with van der Waals surface area (Å²) in [5, 5.41) is 5.45. The molecule has 1 aliphatic carbocycles. The number of nitrogens with one attached hydrogen (secondary N) is 2. The number of ether oxygens (including phenoxy) is 2. The van der Waals surface area contributed by atoms with Crippen LogP contribution < -0.4 is 16.4 Å². The highest BCUT2D eigenvalue weighted by Gasteiger charge is 2.51. The Bertz CT molecular complexity index is 791. The van der Waals surface area contributed by atoms with Gasteiger partial charge in [0.15, 0.2) is 0 Å². The highest BCUT2D eigenvalue weighted by Crippen LogP contribution is 2.36. The molecule has 9 nitrogen and oxygen atoms in total. The number of hydrogen-bond donors (Lipinski definition) is 3. The number of amides is 3. The summed E-state index contributed by atoms with van der Waals surface area (Å²) in [5.41, 5.74) is 3.68. The van der Waals surface area contributed by atoms with Crippen molar-refractivity contribution in [3.05, 3.63) is 12.2 Å². The Morgan fingerprint density at radius 1 is 1.22 bits per heavy atom. The Labute approximate surface area is 217 Å². The number of terminal acetylenes is 1. The fourth-order valence-corrected chi connectivity index (χ4v) is 3.21. The van der Waals surface area contributed by atoms with E-state index in [2.05, 4.69) is 30.4 Å². The molecular weight excluding hydrogens is 460 g/mol. The summed E-state index contributed by atoms with van der Waals surface area (Å²) >= 11 is 0. The smallest absolute Gasteiger partial charge is 0.408 e. The number of carbonyl (C=O) groups is 3. The van der Waals surface area contributed by atoms with Crippen LogP contribution in [0.15, 0.2) is 12.2 Å². The second-order valence-corrected chi connectivity index (χ2v) is 10.4. The highest BCUT2D eigenvalue weighted by molar-refractivity contribution is 5.93. The van der Waals surface area contributed by atoms with E-state index in [9.17, 15) is 14.4 Å². The zero-order valence-electron chi connectivity index (χ0n) is 23.7. The molecule has 1 saturated carbocycles. The number of nitrogens with zero attached hydrogens (tertiary/aromatic N) is 1. The lowest BCUT2D eigenvalue weighted by Gasteiger charge is -2.29. The lowest BCUT2D eigenvalue weighted by atomic mass is 10.0. The van der Waals surface area contributed by atoms with Gasteiger partial charge in [0.1, 0.15) is 23.3 Å². The van der Waals surface area contributed by atoms with Crippen LogP contribution in [0.4, 0.5) is 4.79 Å². The van der Waals surface area contributed by atoms with Gasteiger partial charge in [-0.3, -0.25) is 9.59 Å². The van der Waals surface area contributed by atoms with Gasteiger partial charge in [-0.15, -0.1) is 6.42 Å². The van der Waals surface area contributed by atoms with E-state index >= 15 is 0 Å². The van der Waals surface area contributed by atoms with E-state index in [0.717, 1.165) is 12.8 Å². The minimum Gasteiger partial charge on any atom is -0.444 e. The van der Waals surface area contributed by atoms with Crippen molar-refractivity contribution in [3.63, 3.8) is 0 Å². The van der Waals surface area contributed by atoms with E-state index in [0.29, 0.717) is 0 Å². The average Bonchev–Trinajstić information content (AvgIpc) is 3.39. The minimum absolute atomic E-state index is 0.0279. The van der Waals surface area contributed by atoms with Crippen molar-refractivity contribution in [3.8, 4) is 12.3 Å². The van der Waals surface area contributed by atoms with E-state index in [-0.39, 0.29) is 31.0 Å². The van der Waals surface area contributed by atoms with Crippen molar-refractivity contribution in [1.29, 1.82) is 0 Å². The van der Waals surface area contributed by atoms with Gasteiger partial charge in [-0.05, 0) is 54.4 Å². The Morgan fingerprint density at radius 2 is 1.75 bits per heavy atom. The minimum atomic E-state index is -1.08. The maximum atomic E-state index is 13.2. The molecule has 4 N–H and O–H groups in total. The zero-order chi connectivity index (χ0) is 28.2. The van der Waals surface area contributed by atoms with Gasteiger partial charge in [-0.1, -0.05) is 38.3 Å². The van der Waals surface area contributed by atoms with E-state index in [1.165, 1.54) is 18.4 Å². The summed E-state index contributed by atoms with van der Waals surface area (Å²) in [4.78, 5) is 39.5. The van der Waals surface area contributed by atoms with Crippen molar-refractivity contribution in [2.45, 2.75) is 110 Å². The first kappa shape index (κ1) is 33.4.